The normalized spacial score (nSPS) is 10.9. The van der Waals surface area contributed by atoms with Crippen molar-refractivity contribution in [2.75, 3.05) is 21.3 Å². The van der Waals surface area contributed by atoms with Gasteiger partial charge in [-0.15, -0.1) is 0 Å². The lowest BCUT2D eigenvalue weighted by atomic mass is 10.2. The number of nitrogens with one attached hydrogen (secondary N) is 4. The SMILES string of the molecule is CC(C)(C)OC(=O)Nc1ccc(NC(=O)c2ccc3ccccc3n2)cc1.CC(C)(C)OC(=O)Nc1ccc(NC(=O)c2ccccn2)cc1. The summed E-state index contributed by atoms with van der Waals surface area (Å²) < 4.78 is 10.4. The Kier molecular flexibility index (Phi) is 11.8. The molecule has 4 amide bonds. The second-order valence-electron chi connectivity index (χ2n) is 12.9. The molecule has 0 spiro atoms. The van der Waals surface area contributed by atoms with Crippen LogP contribution in [0, 0.1) is 0 Å². The number of hydrogen-bond donors (Lipinski definition) is 4. The van der Waals surface area contributed by atoms with Gasteiger partial charge in [0.1, 0.15) is 22.6 Å². The van der Waals surface area contributed by atoms with E-state index in [-0.39, 0.29) is 11.8 Å². The number of anilines is 4. The first kappa shape index (κ1) is 36.5. The largest absolute Gasteiger partial charge is 0.444 e. The molecule has 0 unspecified atom stereocenters. The third kappa shape index (κ3) is 12.1. The van der Waals surface area contributed by atoms with Gasteiger partial charge in [-0.2, -0.15) is 0 Å². The van der Waals surface area contributed by atoms with Crippen LogP contribution in [0.4, 0.5) is 32.3 Å². The van der Waals surface area contributed by atoms with Crippen molar-refractivity contribution in [2.24, 2.45) is 0 Å². The Morgan fingerprint density at radius 3 is 1.40 bits per heavy atom. The number of benzene rings is 3. The van der Waals surface area contributed by atoms with Gasteiger partial charge in [-0.05, 0) is 114 Å². The molecule has 50 heavy (non-hydrogen) atoms. The smallest absolute Gasteiger partial charge is 0.412 e. The first-order valence-corrected chi connectivity index (χ1v) is 15.7. The molecule has 0 aliphatic rings. The number of carbonyl (C=O) groups excluding carboxylic acids is 4. The van der Waals surface area contributed by atoms with Crippen molar-refractivity contribution in [3.05, 3.63) is 121 Å². The molecular formula is C38H40N6O6. The van der Waals surface area contributed by atoms with Gasteiger partial charge in [0, 0.05) is 34.3 Å². The highest BCUT2D eigenvalue weighted by molar-refractivity contribution is 6.04. The number of para-hydroxylation sites is 1. The predicted molar refractivity (Wildman–Crippen MR) is 194 cm³/mol. The molecule has 0 aliphatic heterocycles. The highest BCUT2D eigenvalue weighted by atomic mass is 16.6. The molecule has 5 aromatic rings. The highest BCUT2D eigenvalue weighted by Gasteiger charge is 2.17. The van der Waals surface area contributed by atoms with E-state index in [4.69, 9.17) is 9.47 Å². The second-order valence-corrected chi connectivity index (χ2v) is 12.9. The number of fused-ring (bicyclic) bond motifs is 1. The van der Waals surface area contributed by atoms with E-state index in [0.717, 1.165) is 10.9 Å². The Morgan fingerprint density at radius 1 is 0.500 bits per heavy atom. The van der Waals surface area contributed by atoms with Crippen LogP contribution < -0.4 is 21.3 Å². The van der Waals surface area contributed by atoms with E-state index in [9.17, 15) is 19.2 Å². The van der Waals surface area contributed by atoms with Crippen LogP contribution in [-0.2, 0) is 9.47 Å². The minimum atomic E-state index is -0.565. The van der Waals surface area contributed by atoms with Crippen molar-refractivity contribution >= 4 is 57.7 Å². The van der Waals surface area contributed by atoms with E-state index >= 15 is 0 Å². The molecule has 0 fully saturated rings. The quantitative estimate of drug-likeness (QED) is 0.139. The molecule has 2 aromatic heterocycles. The van der Waals surface area contributed by atoms with Crippen molar-refractivity contribution in [3.8, 4) is 0 Å². The van der Waals surface area contributed by atoms with Gasteiger partial charge in [0.05, 0.1) is 5.52 Å². The van der Waals surface area contributed by atoms with E-state index < -0.39 is 23.4 Å². The lowest BCUT2D eigenvalue weighted by Gasteiger charge is -2.19. The molecule has 0 aliphatic carbocycles. The fraction of sp³-hybridized carbons (Fsp3) is 0.211. The number of ether oxygens (including phenoxy) is 2. The molecule has 2 heterocycles. The third-order valence-corrected chi connectivity index (χ3v) is 6.30. The zero-order valence-electron chi connectivity index (χ0n) is 28.7. The molecule has 0 saturated heterocycles. The molecule has 0 radical (unpaired) electrons. The molecule has 0 saturated carbocycles. The average molecular weight is 677 g/mol. The Balaban J connectivity index is 0.000000228. The van der Waals surface area contributed by atoms with Crippen LogP contribution in [-0.4, -0.2) is 45.2 Å². The van der Waals surface area contributed by atoms with Crippen molar-refractivity contribution < 1.29 is 28.7 Å². The average Bonchev–Trinajstić information content (AvgIpc) is 3.05. The molecule has 0 bridgehead atoms. The minimum Gasteiger partial charge on any atom is -0.444 e. The highest BCUT2D eigenvalue weighted by Crippen LogP contribution is 2.18. The first-order valence-electron chi connectivity index (χ1n) is 15.7. The Labute approximate surface area is 290 Å². The molecule has 12 nitrogen and oxygen atoms in total. The van der Waals surface area contributed by atoms with Crippen molar-refractivity contribution in [2.45, 2.75) is 52.7 Å². The van der Waals surface area contributed by atoms with E-state index in [2.05, 4.69) is 31.2 Å². The maximum absolute atomic E-state index is 12.4. The van der Waals surface area contributed by atoms with Gasteiger partial charge in [0.15, 0.2) is 0 Å². The zero-order valence-corrected chi connectivity index (χ0v) is 28.7. The van der Waals surface area contributed by atoms with Crippen LogP contribution >= 0.6 is 0 Å². The maximum atomic E-state index is 12.4. The molecule has 12 heteroatoms. The van der Waals surface area contributed by atoms with E-state index in [1.54, 1.807) is 121 Å². The number of hydrogen-bond acceptors (Lipinski definition) is 8. The van der Waals surface area contributed by atoms with Crippen molar-refractivity contribution in [1.29, 1.82) is 0 Å². The van der Waals surface area contributed by atoms with Gasteiger partial charge in [-0.1, -0.05) is 30.3 Å². The van der Waals surface area contributed by atoms with E-state index in [1.807, 2.05) is 30.3 Å². The summed E-state index contributed by atoms with van der Waals surface area (Å²) in [5, 5.41) is 11.8. The predicted octanol–water partition coefficient (Wildman–Crippen LogP) is 8.52. The molecule has 5 rings (SSSR count). The van der Waals surface area contributed by atoms with Gasteiger partial charge >= 0.3 is 12.2 Å². The van der Waals surface area contributed by atoms with Gasteiger partial charge in [-0.25, -0.2) is 14.6 Å². The number of rotatable bonds is 6. The maximum Gasteiger partial charge on any atom is 0.412 e. The standard InChI is InChI=1S/C21H21N3O3.C17H19N3O3/c1-21(2,3)27-20(26)23-16-11-9-15(10-12-16)22-19(25)18-13-8-14-6-4-5-7-17(14)24-18;1-17(2,3)23-16(22)20-13-9-7-12(8-10-13)19-15(21)14-6-4-5-11-18-14/h4-13H,1-3H3,(H,22,25)(H,23,26);4-11H,1-3H3,(H,19,21)(H,20,22). The topological polar surface area (TPSA) is 161 Å². The minimum absolute atomic E-state index is 0.293. The number of amides is 4. The summed E-state index contributed by atoms with van der Waals surface area (Å²) in [7, 11) is 0. The Hall–Kier alpha value is -6.30. The van der Waals surface area contributed by atoms with Gasteiger partial charge in [0.2, 0.25) is 0 Å². The number of aromatic nitrogens is 2. The molecule has 3 aromatic carbocycles. The fourth-order valence-corrected chi connectivity index (χ4v) is 4.20. The molecule has 4 N–H and O–H groups in total. The van der Waals surface area contributed by atoms with Crippen LogP contribution in [0.15, 0.2) is 109 Å². The fourth-order valence-electron chi connectivity index (χ4n) is 4.20. The number of nitrogens with zero attached hydrogens (tertiary/aromatic N) is 2. The Morgan fingerprint density at radius 2 is 0.940 bits per heavy atom. The summed E-state index contributed by atoms with van der Waals surface area (Å²) in [5.74, 6) is -0.591. The summed E-state index contributed by atoms with van der Waals surface area (Å²) in [6.07, 6.45) is 0.505. The summed E-state index contributed by atoms with van der Waals surface area (Å²) >= 11 is 0. The van der Waals surface area contributed by atoms with Gasteiger partial charge in [-0.3, -0.25) is 25.2 Å². The zero-order chi connectivity index (χ0) is 36.3. The lowest BCUT2D eigenvalue weighted by molar-refractivity contribution is 0.0624. The third-order valence-electron chi connectivity index (χ3n) is 6.30. The lowest BCUT2D eigenvalue weighted by Crippen LogP contribution is -2.27. The van der Waals surface area contributed by atoms with Crippen molar-refractivity contribution in [3.63, 3.8) is 0 Å². The number of carbonyl (C=O) groups is 4. The molecular weight excluding hydrogens is 636 g/mol. The summed E-state index contributed by atoms with van der Waals surface area (Å²) in [6.45, 7) is 10.8. The summed E-state index contributed by atoms with van der Waals surface area (Å²) in [6, 6.07) is 29.8. The summed E-state index contributed by atoms with van der Waals surface area (Å²) in [5.41, 5.74) is 2.68. The molecule has 0 atom stereocenters. The monoisotopic (exact) mass is 676 g/mol. The second kappa shape index (κ2) is 16.2. The van der Waals surface area contributed by atoms with Gasteiger partial charge in [0.25, 0.3) is 11.8 Å². The van der Waals surface area contributed by atoms with Crippen LogP contribution in [0.1, 0.15) is 62.5 Å². The number of pyridine rings is 2. The van der Waals surface area contributed by atoms with Crippen LogP contribution in [0.3, 0.4) is 0 Å². The summed E-state index contributed by atoms with van der Waals surface area (Å²) in [4.78, 5) is 56.2. The van der Waals surface area contributed by atoms with E-state index in [0.29, 0.717) is 34.1 Å². The first-order chi connectivity index (χ1) is 23.6. The van der Waals surface area contributed by atoms with Crippen LogP contribution in [0.25, 0.3) is 10.9 Å². The Bertz CT molecular complexity index is 1930. The molecule has 258 valence electrons. The van der Waals surface area contributed by atoms with Crippen LogP contribution in [0.5, 0.6) is 0 Å². The van der Waals surface area contributed by atoms with Crippen molar-refractivity contribution in [1.82, 2.24) is 9.97 Å². The van der Waals surface area contributed by atoms with Crippen LogP contribution in [0.2, 0.25) is 0 Å². The van der Waals surface area contributed by atoms with E-state index in [1.165, 1.54) is 0 Å². The van der Waals surface area contributed by atoms with Gasteiger partial charge < -0.3 is 20.1 Å².